The number of anilines is 1. The van der Waals surface area contributed by atoms with Crippen LogP contribution in [-0.2, 0) is 13.1 Å². The normalized spacial score (nSPS) is 10.6. The Balaban J connectivity index is 2.22. The molecule has 0 amide bonds. The van der Waals surface area contributed by atoms with Crippen LogP contribution in [-0.4, -0.2) is 19.1 Å². The molecule has 0 aromatic carbocycles. The number of aromatic nitrogens is 1. The second-order valence-electron chi connectivity index (χ2n) is 4.42. The molecule has 0 spiro atoms. The summed E-state index contributed by atoms with van der Waals surface area (Å²) in [5.74, 6) is 0. The molecule has 18 heavy (non-hydrogen) atoms. The Morgan fingerprint density at radius 2 is 2.28 bits per heavy atom. The van der Waals surface area contributed by atoms with Gasteiger partial charge < -0.3 is 10.2 Å². The van der Waals surface area contributed by atoms with E-state index in [4.69, 9.17) is 0 Å². The average Bonchev–Trinajstić information content (AvgIpc) is 2.84. The first-order chi connectivity index (χ1) is 8.70. The summed E-state index contributed by atoms with van der Waals surface area (Å²) in [5.41, 5.74) is 3.55. The van der Waals surface area contributed by atoms with E-state index < -0.39 is 0 Å². The zero-order valence-electron chi connectivity index (χ0n) is 11.1. The summed E-state index contributed by atoms with van der Waals surface area (Å²) in [6, 6.07) is 6.42. The Labute approximate surface area is 112 Å². The molecular weight excluding hydrogens is 242 g/mol. The van der Waals surface area contributed by atoms with Gasteiger partial charge in [0, 0.05) is 41.6 Å². The number of thiophene rings is 1. The zero-order chi connectivity index (χ0) is 13.0. The van der Waals surface area contributed by atoms with Crippen LogP contribution in [0.5, 0.6) is 0 Å². The van der Waals surface area contributed by atoms with Crippen molar-refractivity contribution in [3.63, 3.8) is 0 Å². The maximum Gasteiger partial charge on any atom is 0.0519 e. The molecule has 0 aliphatic carbocycles. The van der Waals surface area contributed by atoms with Crippen molar-refractivity contribution in [2.24, 2.45) is 0 Å². The summed E-state index contributed by atoms with van der Waals surface area (Å²) in [7, 11) is 4.09. The Morgan fingerprint density at radius 1 is 1.44 bits per heavy atom. The van der Waals surface area contributed by atoms with Crippen molar-refractivity contribution in [2.45, 2.75) is 20.0 Å². The first-order valence-corrected chi connectivity index (χ1v) is 6.92. The van der Waals surface area contributed by atoms with Crippen LogP contribution < -0.4 is 10.2 Å². The Morgan fingerprint density at radius 3 is 2.94 bits per heavy atom. The molecule has 4 heteroatoms. The van der Waals surface area contributed by atoms with Crippen molar-refractivity contribution in [1.82, 2.24) is 10.3 Å². The minimum absolute atomic E-state index is 0.845. The molecule has 0 saturated carbocycles. The van der Waals surface area contributed by atoms with Gasteiger partial charge in [0.2, 0.25) is 0 Å². The predicted molar refractivity (Wildman–Crippen MR) is 78.2 cm³/mol. The molecule has 0 fully saturated rings. The largest absolute Gasteiger partial charge is 0.369 e. The molecule has 0 radical (unpaired) electrons. The first-order valence-electron chi connectivity index (χ1n) is 6.04. The van der Waals surface area contributed by atoms with E-state index in [-0.39, 0.29) is 0 Å². The maximum atomic E-state index is 4.37. The van der Waals surface area contributed by atoms with Crippen LogP contribution in [0.3, 0.4) is 0 Å². The highest BCUT2D eigenvalue weighted by Gasteiger charge is 2.09. The van der Waals surface area contributed by atoms with Crippen LogP contribution in [0, 0.1) is 6.92 Å². The van der Waals surface area contributed by atoms with Crippen molar-refractivity contribution in [3.8, 4) is 0 Å². The summed E-state index contributed by atoms with van der Waals surface area (Å²) < 4.78 is 0. The third kappa shape index (κ3) is 3.09. The molecule has 0 aliphatic heterocycles. The molecule has 0 atom stereocenters. The molecule has 2 heterocycles. The van der Waals surface area contributed by atoms with Gasteiger partial charge in [0.25, 0.3) is 0 Å². The van der Waals surface area contributed by atoms with Crippen molar-refractivity contribution < 1.29 is 0 Å². The first kappa shape index (κ1) is 13.1. The molecule has 2 rings (SSSR count). The summed E-state index contributed by atoms with van der Waals surface area (Å²) in [6.07, 6.45) is 1.96. The van der Waals surface area contributed by atoms with E-state index >= 15 is 0 Å². The third-order valence-corrected chi connectivity index (χ3v) is 3.71. The minimum atomic E-state index is 0.845. The lowest BCUT2D eigenvalue weighted by Gasteiger charge is -2.22. The van der Waals surface area contributed by atoms with Gasteiger partial charge in [0.1, 0.15) is 0 Å². The fourth-order valence-corrected chi connectivity index (χ4v) is 2.73. The quantitative estimate of drug-likeness (QED) is 0.897. The van der Waals surface area contributed by atoms with E-state index in [1.54, 1.807) is 11.3 Å². The van der Waals surface area contributed by atoms with Crippen LogP contribution in [0.4, 0.5) is 5.69 Å². The molecule has 0 unspecified atom stereocenters. The fraction of sp³-hybridized carbons (Fsp3) is 0.357. The SMILES string of the molecule is CNCc1cnc(C)cc1N(C)Cc1cccs1. The Kier molecular flexibility index (Phi) is 4.33. The smallest absolute Gasteiger partial charge is 0.0519 e. The molecule has 96 valence electrons. The van der Waals surface area contributed by atoms with Crippen LogP contribution in [0.1, 0.15) is 16.1 Å². The van der Waals surface area contributed by atoms with Gasteiger partial charge in [0.15, 0.2) is 0 Å². The number of nitrogens with one attached hydrogen (secondary N) is 1. The van der Waals surface area contributed by atoms with E-state index in [1.807, 2.05) is 20.2 Å². The second-order valence-corrected chi connectivity index (χ2v) is 5.45. The number of rotatable bonds is 5. The van der Waals surface area contributed by atoms with Crippen LogP contribution in [0.2, 0.25) is 0 Å². The fourth-order valence-electron chi connectivity index (χ4n) is 1.98. The highest BCUT2D eigenvalue weighted by Crippen LogP contribution is 2.22. The van der Waals surface area contributed by atoms with E-state index in [0.717, 1.165) is 18.8 Å². The van der Waals surface area contributed by atoms with Crippen LogP contribution in [0.25, 0.3) is 0 Å². The van der Waals surface area contributed by atoms with E-state index in [1.165, 1.54) is 16.1 Å². The lowest BCUT2D eigenvalue weighted by Crippen LogP contribution is -2.19. The van der Waals surface area contributed by atoms with Gasteiger partial charge in [-0.1, -0.05) is 6.07 Å². The van der Waals surface area contributed by atoms with Crippen molar-refractivity contribution in [3.05, 3.63) is 45.9 Å². The Hall–Kier alpha value is -1.39. The zero-order valence-corrected chi connectivity index (χ0v) is 11.9. The number of aryl methyl sites for hydroxylation is 1. The van der Waals surface area contributed by atoms with Crippen LogP contribution in [0.15, 0.2) is 29.8 Å². The number of hydrogen-bond donors (Lipinski definition) is 1. The van der Waals surface area contributed by atoms with Gasteiger partial charge in [-0.3, -0.25) is 4.98 Å². The number of hydrogen-bond acceptors (Lipinski definition) is 4. The summed E-state index contributed by atoms with van der Waals surface area (Å²) in [6.45, 7) is 3.82. The van der Waals surface area contributed by atoms with Gasteiger partial charge in [-0.15, -0.1) is 11.3 Å². The number of pyridine rings is 1. The highest BCUT2D eigenvalue weighted by atomic mass is 32.1. The van der Waals surface area contributed by atoms with Gasteiger partial charge in [-0.2, -0.15) is 0 Å². The monoisotopic (exact) mass is 261 g/mol. The summed E-state index contributed by atoms with van der Waals surface area (Å²) >= 11 is 1.80. The van der Waals surface area contributed by atoms with Gasteiger partial charge in [0.05, 0.1) is 6.54 Å². The highest BCUT2D eigenvalue weighted by molar-refractivity contribution is 7.09. The van der Waals surface area contributed by atoms with Gasteiger partial charge in [-0.25, -0.2) is 0 Å². The third-order valence-electron chi connectivity index (χ3n) is 2.85. The second kappa shape index (κ2) is 5.98. The predicted octanol–water partition coefficient (Wildman–Crippen LogP) is 2.81. The van der Waals surface area contributed by atoms with E-state index in [9.17, 15) is 0 Å². The molecule has 3 nitrogen and oxygen atoms in total. The Bertz CT molecular complexity index is 494. The lowest BCUT2D eigenvalue weighted by atomic mass is 10.2. The van der Waals surface area contributed by atoms with Crippen molar-refractivity contribution in [1.29, 1.82) is 0 Å². The molecular formula is C14H19N3S. The van der Waals surface area contributed by atoms with Crippen molar-refractivity contribution in [2.75, 3.05) is 19.0 Å². The number of nitrogens with zero attached hydrogens (tertiary/aromatic N) is 2. The average molecular weight is 261 g/mol. The molecule has 0 saturated heterocycles. The molecule has 0 aliphatic rings. The van der Waals surface area contributed by atoms with Gasteiger partial charge >= 0.3 is 0 Å². The minimum Gasteiger partial charge on any atom is -0.369 e. The molecule has 2 aromatic rings. The molecule has 0 bridgehead atoms. The van der Waals surface area contributed by atoms with Crippen LogP contribution >= 0.6 is 11.3 Å². The maximum absolute atomic E-state index is 4.37. The van der Waals surface area contributed by atoms with E-state index in [0.29, 0.717) is 0 Å². The van der Waals surface area contributed by atoms with Gasteiger partial charge in [-0.05, 0) is 31.5 Å². The summed E-state index contributed by atoms with van der Waals surface area (Å²) in [4.78, 5) is 8.04. The van der Waals surface area contributed by atoms with E-state index in [2.05, 4.69) is 45.8 Å². The standard InChI is InChI=1S/C14H19N3S/c1-11-7-14(12(8-15-2)9-16-11)17(3)10-13-5-4-6-18-13/h4-7,9,15H,8,10H2,1-3H3. The lowest BCUT2D eigenvalue weighted by molar-refractivity contribution is 0.800. The van der Waals surface area contributed by atoms with Crippen molar-refractivity contribution >= 4 is 17.0 Å². The topological polar surface area (TPSA) is 28.2 Å². The summed E-state index contributed by atoms with van der Waals surface area (Å²) in [5, 5.41) is 5.31. The molecule has 2 aromatic heterocycles. The molecule has 1 N–H and O–H groups in total.